The quantitative estimate of drug-likeness (QED) is 0.268. The maximum atomic E-state index is 11.2. The highest BCUT2D eigenvalue weighted by atomic mass is 32.1. The molecule has 11 heteroatoms. The Kier molecular flexibility index (Phi) is 7.41. The number of hydrogen-bond acceptors (Lipinski definition) is 7. The van der Waals surface area contributed by atoms with Crippen molar-refractivity contribution in [2.75, 3.05) is 5.32 Å². The molecular weight excluding hydrogens is 488 g/mol. The lowest BCUT2D eigenvalue weighted by Gasteiger charge is -2.32. The van der Waals surface area contributed by atoms with Crippen molar-refractivity contribution in [3.8, 4) is 0 Å². The fraction of sp³-hybridized carbons (Fsp3) is 0.615. The number of imidazole rings is 1. The van der Waals surface area contributed by atoms with E-state index in [1.165, 1.54) is 44.9 Å². The number of aliphatic imine (C=N–C) groups is 1. The van der Waals surface area contributed by atoms with Crippen LogP contribution in [0.25, 0.3) is 11.2 Å². The van der Waals surface area contributed by atoms with E-state index >= 15 is 0 Å². The zero-order valence-corrected chi connectivity index (χ0v) is 22.5. The van der Waals surface area contributed by atoms with Gasteiger partial charge in [0.05, 0.1) is 17.1 Å². The molecule has 1 amide bonds. The number of nitrogens with two attached hydrogens (primary N) is 1. The molecule has 5 rings (SSSR count). The largest absolute Gasteiger partial charge is 0.463 e. The highest BCUT2D eigenvalue weighted by Crippen LogP contribution is 2.36. The molecule has 0 bridgehead atoms. The Labute approximate surface area is 220 Å². The fourth-order valence-electron chi connectivity index (χ4n) is 5.55. The molecule has 4 N–H and O–H groups in total. The second-order valence-corrected chi connectivity index (χ2v) is 11.5. The summed E-state index contributed by atoms with van der Waals surface area (Å²) in [5.74, 6) is 3.21. The molecule has 3 aromatic rings. The van der Waals surface area contributed by atoms with Crippen LogP contribution in [0.15, 0.2) is 15.9 Å². The molecule has 3 heterocycles. The first-order chi connectivity index (χ1) is 17.8. The Morgan fingerprint density at radius 3 is 2.59 bits per heavy atom. The minimum atomic E-state index is -1.38. The highest BCUT2D eigenvalue weighted by molar-refractivity contribution is 7.07. The van der Waals surface area contributed by atoms with Gasteiger partial charge in [-0.15, -0.1) is 11.3 Å². The van der Waals surface area contributed by atoms with Crippen LogP contribution in [0.3, 0.4) is 0 Å². The van der Waals surface area contributed by atoms with Crippen molar-refractivity contribution in [1.29, 1.82) is 0 Å². The molecule has 2 atom stereocenters. The summed E-state index contributed by atoms with van der Waals surface area (Å²) in [5, 5.41) is 14.8. The van der Waals surface area contributed by atoms with E-state index in [2.05, 4.69) is 51.0 Å². The number of anilines is 1. The maximum absolute atomic E-state index is 11.2. The molecular formula is C26H36N8O2S. The maximum Gasteiger partial charge on any atom is 0.433 e. The van der Waals surface area contributed by atoms with Crippen LogP contribution in [-0.4, -0.2) is 47.6 Å². The molecule has 10 nitrogen and oxygen atoms in total. The fourth-order valence-corrected chi connectivity index (χ4v) is 6.20. The molecule has 2 saturated carbocycles. The lowest BCUT2D eigenvalue weighted by atomic mass is 9.80. The van der Waals surface area contributed by atoms with Gasteiger partial charge in [0, 0.05) is 18.0 Å². The Bertz CT molecular complexity index is 1280. The van der Waals surface area contributed by atoms with Crippen molar-refractivity contribution in [2.45, 2.75) is 84.2 Å². The summed E-state index contributed by atoms with van der Waals surface area (Å²) in [5.41, 5.74) is 10.2. The van der Waals surface area contributed by atoms with Gasteiger partial charge in [0.15, 0.2) is 23.1 Å². The summed E-state index contributed by atoms with van der Waals surface area (Å²) < 4.78 is 2.28. The number of hydrogen-bond donors (Lipinski definition) is 3. The number of nitrogens with one attached hydrogen (secondary N) is 1. The van der Waals surface area contributed by atoms with Crippen molar-refractivity contribution >= 4 is 40.2 Å². The average molecular weight is 525 g/mol. The van der Waals surface area contributed by atoms with Gasteiger partial charge in [-0.1, -0.05) is 26.2 Å². The van der Waals surface area contributed by atoms with Gasteiger partial charge >= 0.3 is 6.09 Å². The van der Waals surface area contributed by atoms with Gasteiger partial charge in [0.2, 0.25) is 0 Å². The monoisotopic (exact) mass is 524 g/mol. The topological polar surface area (TPSA) is 144 Å². The van der Waals surface area contributed by atoms with Crippen molar-refractivity contribution < 1.29 is 9.90 Å². The summed E-state index contributed by atoms with van der Waals surface area (Å²) in [6.45, 7) is 7.46. The third kappa shape index (κ3) is 5.46. The van der Waals surface area contributed by atoms with Gasteiger partial charge < -0.3 is 20.7 Å². The summed E-state index contributed by atoms with van der Waals surface area (Å²) in [4.78, 5) is 33.5. The average Bonchev–Trinajstić information content (AvgIpc) is 3.47. The summed E-state index contributed by atoms with van der Waals surface area (Å²) in [6.07, 6.45) is 7.07. The Morgan fingerprint density at radius 1 is 1.22 bits per heavy atom. The predicted molar refractivity (Wildman–Crippen MR) is 145 cm³/mol. The van der Waals surface area contributed by atoms with E-state index in [0.717, 1.165) is 29.5 Å². The van der Waals surface area contributed by atoms with E-state index in [9.17, 15) is 4.79 Å². The first-order valence-corrected chi connectivity index (χ1v) is 14.2. The van der Waals surface area contributed by atoms with Gasteiger partial charge in [0.1, 0.15) is 11.3 Å². The first-order valence-electron chi connectivity index (χ1n) is 13.3. The lowest BCUT2D eigenvalue weighted by Crippen LogP contribution is -2.32. The van der Waals surface area contributed by atoms with Crippen LogP contribution in [-0.2, 0) is 6.54 Å². The zero-order chi connectivity index (χ0) is 26.1. The minimum absolute atomic E-state index is 0.0339. The van der Waals surface area contributed by atoms with E-state index in [0.29, 0.717) is 23.3 Å². The third-order valence-corrected chi connectivity index (χ3v) is 8.76. The smallest absolute Gasteiger partial charge is 0.433 e. The second kappa shape index (κ2) is 10.7. The summed E-state index contributed by atoms with van der Waals surface area (Å²) in [6, 6.07) is 0.204. The SMILES string of the molecule is CC1CCC(Cn2c(C(C)c3cscn3)nc3nc(C(N)=NC(=O)O)nc(NC(C)C4CCC4)c32)CC1. The number of thiazole rings is 1. The van der Waals surface area contributed by atoms with Crippen LogP contribution < -0.4 is 11.1 Å². The van der Waals surface area contributed by atoms with Crippen molar-refractivity contribution in [3.05, 3.63) is 28.2 Å². The number of nitrogens with zero attached hydrogens (tertiary/aromatic N) is 6. The molecule has 3 aromatic heterocycles. The summed E-state index contributed by atoms with van der Waals surface area (Å²) >= 11 is 1.57. The van der Waals surface area contributed by atoms with E-state index in [-0.39, 0.29) is 23.6 Å². The lowest BCUT2D eigenvalue weighted by molar-refractivity contribution is 0.205. The predicted octanol–water partition coefficient (Wildman–Crippen LogP) is 5.24. The molecule has 0 radical (unpaired) electrons. The Morgan fingerprint density at radius 2 is 1.97 bits per heavy atom. The minimum Gasteiger partial charge on any atom is -0.463 e. The van der Waals surface area contributed by atoms with Crippen LogP contribution in [0.5, 0.6) is 0 Å². The number of amides is 1. The molecule has 0 aromatic carbocycles. The van der Waals surface area contributed by atoms with Crippen molar-refractivity contribution in [2.24, 2.45) is 28.5 Å². The number of carboxylic acid groups (broad SMARTS) is 1. The van der Waals surface area contributed by atoms with Gasteiger partial charge in [-0.05, 0) is 57.3 Å². The molecule has 198 valence electrons. The highest BCUT2D eigenvalue weighted by Gasteiger charge is 2.29. The molecule has 37 heavy (non-hydrogen) atoms. The number of carbonyl (C=O) groups is 1. The Hall–Kier alpha value is -3.08. The van der Waals surface area contributed by atoms with Gasteiger partial charge in [-0.2, -0.15) is 4.99 Å². The van der Waals surface area contributed by atoms with Crippen LogP contribution in [0.4, 0.5) is 10.6 Å². The first kappa shape index (κ1) is 25.6. The molecule has 0 spiro atoms. The van der Waals surface area contributed by atoms with Gasteiger partial charge in [-0.3, -0.25) is 0 Å². The third-order valence-electron chi connectivity index (χ3n) is 8.16. The van der Waals surface area contributed by atoms with Gasteiger partial charge in [-0.25, -0.2) is 24.7 Å². The van der Waals surface area contributed by atoms with Crippen LogP contribution in [0, 0.1) is 17.8 Å². The van der Waals surface area contributed by atoms with E-state index in [1.807, 2.05) is 5.51 Å². The molecule has 2 aliphatic carbocycles. The number of aromatic nitrogens is 5. The molecule has 0 aliphatic heterocycles. The van der Waals surface area contributed by atoms with E-state index in [4.69, 9.17) is 20.8 Å². The molecule has 2 aliphatic rings. The molecule has 0 saturated heterocycles. The Balaban J connectivity index is 1.64. The standard InChI is InChI=1S/C26H36N8O2S/c1-14-7-9-17(10-8-14)11-34-20-22(29-16(3)18-5-4-6-18)31-24(21(27)30-26(35)36)32-23(20)33-25(34)15(2)19-12-37-13-28-19/h12-18H,4-11H2,1-3H3,(H2,27,30)(H,35,36)(H,29,31,32). The van der Waals surface area contributed by atoms with Crippen molar-refractivity contribution in [3.63, 3.8) is 0 Å². The number of rotatable bonds is 8. The normalized spacial score (nSPS) is 22.5. The van der Waals surface area contributed by atoms with Crippen molar-refractivity contribution in [1.82, 2.24) is 24.5 Å². The van der Waals surface area contributed by atoms with Gasteiger partial charge in [0.25, 0.3) is 0 Å². The number of amidine groups is 1. The molecule has 2 fully saturated rings. The van der Waals surface area contributed by atoms with Crippen LogP contribution >= 0.6 is 11.3 Å². The van der Waals surface area contributed by atoms with Crippen LogP contribution in [0.2, 0.25) is 0 Å². The number of fused-ring (bicyclic) bond motifs is 1. The zero-order valence-electron chi connectivity index (χ0n) is 21.7. The second-order valence-electron chi connectivity index (χ2n) is 10.8. The molecule has 2 unspecified atom stereocenters. The van der Waals surface area contributed by atoms with E-state index < -0.39 is 6.09 Å². The van der Waals surface area contributed by atoms with E-state index in [1.54, 1.807) is 11.3 Å². The van der Waals surface area contributed by atoms with Crippen LogP contribution in [0.1, 0.15) is 89.0 Å². The summed E-state index contributed by atoms with van der Waals surface area (Å²) in [7, 11) is 0.